The van der Waals surface area contributed by atoms with Gasteiger partial charge in [0.15, 0.2) is 5.82 Å². The third-order valence-corrected chi connectivity index (χ3v) is 5.46. The van der Waals surface area contributed by atoms with Crippen LogP contribution in [0.1, 0.15) is 26.3 Å². The molecule has 0 aromatic heterocycles. The van der Waals surface area contributed by atoms with E-state index in [9.17, 15) is 28.0 Å². The molecule has 2 aromatic carbocycles. The van der Waals surface area contributed by atoms with Gasteiger partial charge in [-0.2, -0.15) is 0 Å². The monoisotopic (exact) mass is 523 g/mol. The number of imide groups is 2. The Morgan fingerprint density at radius 2 is 1.72 bits per heavy atom. The Hall–Kier alpha value is -3.73. The highest BCUT2D eigenvalue weighted by Gasteiger charge is 2.50. The van der Waals surface area contributed by atoms with E-state index in [1.54, 1.807) is 51.1 Å². The van der Waals surface area contributed by atoms with E-state index in [-0.39, 0.29) is 6.61 Å². The van der Waals surface area contributed by atoms with Crippen LogP contribution in [-0.4, -0.2) is 59.2 Å². The molecule has 0 aliphatic carbocycles. The van der Waals surface area contributed by atoms with Crippen molar-refractivity contribution < 1.29 is 37.4 Å². The predicted octanol–water partition coefficient (Wildman–Crippen LogP) is 4.96. The molecule has 0 spiro atoms. The molecule has 3 rings (SSSR count). The molecule has 0 saturated carbocycles. The van der Waals surface area contributed by atoms with Crippen LogP contribution >= 0.6 is 11.6 Å². The highest BCUT2D eigenvalue weighted by molar-refractivity contribution is 6.31. The van der Waals surface area contributed by atoms with Gasteiger partial charge in [-0.25, -0.2) is 33.0 Å². The number of halogens is 3. The molecule has 1 atom stereocenters. The molecule has 1 fully saturated rings. The number of hydrogen-bond acceptors (Lipinski definition) is 6. The molecule has 1 heterocycles. The summed E-state index contributed by atoms with van der Waals surface area (Å²) in [5, 5.41) is -0.829. The molecule has 0 unspecified atom stereocenters. The first-order valence-corrected chi connectivity index (χ1v) is 11.1. The Labute approximate surface area is 211 Å². The molecule has 1 saturated heterocycles. The highest BCUT2D eigenvalue weighted by atomic mass is 35.5. The van der Waals surface area contributed by atoms with Crippen LogP contribution in [0.25, 0.3) is 0 Å². The summed E-state index contributed by atoms with van der Waals surface area (Å²) in [5.41, 5.74) is -0.750. The van der Waals surface area contributed by atoms with E-state index in [0.717, 1.165) is 24.1 Å². The standard InChI is InChI=1S/C24H24ClF2N3O6/c1-24(2,3)36-22(33)29-12-17(20(31)28(4)16-11-10-15(26)18(25)19(16)27)30(21(29)32)23(34)35-13-14-8-6-5-7-9-14/h5-11,17H,12-13H2,1-4H3/t17-/m0/s1. The van der Waals surface area contributed by atoms with Gasteiger partial charge >= 0.3 is 18.2 Å². The number of benzene rings is 2. The van der Waals surface area contributed by atoms with E-state index in [2.05, 4.69) is 0 Å². The van der Waals surface area contributed by atoms with Gasteiger partial charge in [0.05, 0.1) is 12.2 Å². The van der Waals surface area contributed by atoms with E-state index < -0.39 is 64.7 Å². The molecule has 2 aromatic rings. The minimum Gasteiger partial charge on any atom is -0.444 e. The maximum atomic E-state index is 14.6. The zero-order valence-corrected chi connectivity index (χ0v) is 20.7. The number of urea groups is 1. The number of amides is 5. The van der Waals surface area contributed by atoms with Gasteiger partial charge in [0.25, 0.3) is 5.91 Å². The number of anilines is 1. The average Bonchev–Trinajstić information content (AvgIpc) is 3.17. The number of carbonyl (C=O) groups is 4. The Bertz CT molecular complexity index is 1190. The van der Waals surface area contributed by atoms with Crippen LogP contribution in [0.4, 0.5) is 28.9 Å². The fourth-order valence-electron chi connectivity index (χ4n) is 3.37. The van der Waals surface area contributed by atoms with Crippen molar-refractivity contribution in [3.8, 4) is 0 Å². The van der Waals surface area contributed by atoms with Crippen molar-refractivity contribution in [3.63, 3.8) is 0 Å². The number of ether oxygens (including phenoxy) is 2. The molecule has 1 aliphatic heterocycles. The minimum atomic E-state index is -1.58. The zero-order chi connectivity index (χ0) is 26.8. The summed E-state index contributed by atoms with van der Waals surface area (Å²) >= 11 is 5.62. The van der Waals surface area contributed by atoms with Crippen molar-refractivity contribution in [1.82, 2.24) is 9.80 Å². The van der Waals surface area contributed by atoms with Crippen molar-refractivity contribution in [2.45, 2.75) is 39.0 Å². The number of carbonyl (C=O) groups excluding carboxylic acids is 4. The second-order valence-corrected chi connectivity index (χ2v) is 9.27. The van der Waals surface area contributed by atoms with Gasteiger partial charge in [-0.3, -0.25) is 4.79 Å². The molecule has 36 heavy (non-hydrogen) atoms. The smallest absolute Gasteiger partial charge is 0.419 e. The first kappa shape index (κ1) is 26.9. The van der Waals surface area contributed by atoms with Crippen molar-refractivity contribution in [1.29, 1.82) is 0 Å². The highest BCUT2D eigenvalue weighted by Crippen LogP contribution is 2.30. The van der Waals surface area contributed by atoms with Gasteiger partial charge in [0.1, 0.15) is 29.1 Å². The SMILES string of the molecule is CN(C(=O)[C@@H]1CN(C(=O)OC(C)(C)C)C(=O)N1C(=O)OCc1ccccc1)c1ccc(F)c(Cl)c1F. The lowest BCUT2D eigenvalue weighted by Gasteiger charge is -2.25. The van der Waals surface area contributed by atoms with E-state index in [1.165, 1.54) is 0 Å². The van der Waals surface area contributed by atoms with Crippen molar-refractivity contribution in [3.05, 3.63) is 64.7 Å². The molecule has 9 nitrogen and oxygen atoms in total. The van der Waals surface area contributed by atoms with E-state index in [1.807, 2.05) is 0 Å². The molecule has 1 aliphatic rings. The molecule has 0 bridgehead atoms. The Morgan fingerprint density at radius 3 is 2.33 bits per heavy atom. The summed E-state index contributed by atoms with van der Waals surface area (Å²) in [6, 6.07) is 7.69. The van der Waals surface area contributed by atoms with E-state index in [0.29, 0.717) is 15.4 Å². The van der Waals surface area contributed by atoms with Gasteiger partial charge < -0.3 is 14.4 Å². The van der Waals surface area contributed by atoms with Crippen molar-refractivity contribution in [2.24, 2.45) is 0 Å². The first-order chi connectivity index (χ1) is 16.8. The Kier molecular flexibility index (Phi) is 7.83. The summed E-state index contributed by atoms with van der Waals surface area (Å²) in [7, 11) is 1.16. The maximum Gasteiger partial charge on any atom is 0.419 e. The lowest BCUT2D eigenvalue weighted by molar-refractivity contribution is -0.121. The van der Waals surface area contributed by atoms with Crippen molar-refractivity contribution >= 4 is 41.4 Å². The minimum absolute atomic E-state index is 0.213. The van der Waals surface area contributed by atoms with Gasteiger partial charge in [-0.1, -0.05) is 41.9 Å². The number of likely N-dealkylation sites (N-methyl/N-ethyl adjacent to an activating group) is 1. The number of nitrogens with zero attached hydrogens (tertiary/aromatic N) is 3. The van der Waals surface area contributed by atoms with Crippen LogP contribution in [0.2, 0.25) is 5.02 Å². The van der Waals surface area contributed by atoms with Crippen LogP contribution in [-0.2, 0) is 20.9 Å². The molecular weight excluding hydrogens is 500 g/mol. The van der Waals surface area contributed by atoms with Crippen LogP contribution < -0.4 is 4.90 Å². The lowest BCUT2D eigenvalue weighted by atomic mass is 10.2. The second-order valence-electron chi connectivity index (χ2n) is 8.89. The quantitative estimate of drug-likeness (QED) is 0.526. The fraction of sp³-hybridized carbons (Fsp3) is 0.333. The van der Waals surface area contributed by atoms with Gasteiger partial charge in [0, 0.05) is 7.05 Å². The summed E-state index contributed by atoms with van der Waals surface area (Å²) < 4.78 is 38.6. The summed E-state index contributed by atoms with van der Waals surface area (Å²) in [5.74, 6) is -3.19. The van der Waals surface area contributed by atoms with Crippen LogP contribution in [0.3, 0.4) is 0 Å². The van der Waals surface area contributed by atoms with E-state index in [4.69, 9.17) is 21.1 Å². The molecule has 5 amide bonds. The summed E-state index contributed by atoms with van der Waals surface area (Å²) in [6.07, 6.45) is -2.28. The largest absolute Gasteiger partial charge is 0.444 e. The van der Waals surface area contributed by atoms with Crippen molar-refractivity contribution in [2.75, 3.05) is 18.5 Å². The first-order valence-electron chi connectivity index (χ1n) is 10.8. The van der Waals surface area contributed by atoms with Gasteiger partial charge in [0.2, 0.25) is 0 Å². The lowest BCUT2D eigenvalue weighted by Crippen LogP contribution is -2.49. The Balaban J connectivity index is 1.90. The third kappa shape index (κ3) is 5.73. The molecule has 12 heteroatoms. The summed E-state index contributed by atoms with van der Waals surface area (Å²) in [4.78, 5) is 53.7. The second kappa shape index (κ2) is 10.5. The normalized spacial score (nSPS) is 15.6. The summed E-state index contributed by atoms with van der Waals surface area (Å²) in [6.45, 7) is 3.95. The molecular formula is C24H24ClF2N3O6. The fourth-order valence-corrected chi connectivity index (χ4v) is 3.53. The van der Waals surface area contributed by atoms with Gasteiger partial charge in [-0.05, 0) is 38.5 Å². The molecule has 0 N–H and O–H groups in total. The predicted molar refractivity (Wildman–Crippen MR) is 125 cm³/mol. The molecule has 0 radical (unpaired) electrons. The topological polar surface area (TPSA) is 96.5 Å². The van der Waals surface area contributed by atoms with Crippen LogP contribution in [0.15, 0.2) is 42.5 Å². The zero-order valence-electron chi connectivity index (χ0n) is 20.0. The molecule has 192 valence electrons. The van der Waals surface area contributed by atoms with Crippen LogP contribution in [0, 0.1) is 11.6 Å². The number of rotatable bonds is 4. The number of hydrogen-bond donors (Lipinski definition) is 0. The third-order valence-electron chi connectivity index (χ3n) is 5.11. The Morgan fingerprint density at radius 1 is 1.08 bits per heavy atom. The maximum absolute atomic E-state index is 14.6. The average molecular weight is 524 g/mol. The van der Waals surface area contributed by atoms with E-state index >= 15 is 0 Å². The van der Waals surface area contributed by atoms with Crippen LogP contribution in [0.5, 0.6) is 0 Å². The van der Waals surface area contributed by atoms with Gasteiger partial charge in [-0.15, -0.1) is 0 Å².